The van der Waals surface area contributed by atoms with Gasteiger partial charge in [0.2, 0.25) is 0 Å². The summed E-state index contributed by atoms with van der Waals surface area (Å²) in [5, 5.41) is 11.9. The molecule has 3 nitrogen and oxygen atoms in total. The lowest BCUT2D eigenvalue weighted by Crippen LogP contribution is -2.06. The maximum Gasteiger partial charge on any atom is 0.0670 e. The minimum absolute atomic E-state index is 0.401. The van der Waals surface area contributed by atoms with Crippen molar-refractivity contribution in [1.29, 1.82) is 0 Å². The second-order valence-corrected chi connectivity index (χ2v) is 6.17. The zero-order chi connectivity index (χ0) is 13.5. The van der Waals surface area contributed by atoms with Crippen molar-refractivity contribution in [3.8, 4) is 0 Å². The number of aromatic nitrogens is 2. The minimum atomic E-state index is 0.401. The van der Waals surface area contributed by atoms with Crippen molar-refractivity contribution in [2.75, 3.05) is 5.32 Å². The van der Waals surface area contributed by atoms with Crippen LogP contribution in [0.15, 0.2) is 47.1 Å². The molecule has 4 rings (SSSR count). The lowest BCUT2D eigenvalue weighted by molar-refractivity contribution is 0.762. The van der Waals surface area contributed by atoms with Gasteiger partial charge in [-0.25, -0.2) is 0 Å². The van der Waals surface area contributed by atoms with Crippen LogP contribution in [0.5, 0.6) is 0 Å². The monoisotopic (exact) mass is 327 g/mol. The van der Waals surface area contributed by atoms with Crippen LogP contribution >= 0.6 is 15.9 Å². The van der Waals surface area contributed by atoms with Crippen molar-refractivity contribution < 1.29 is 0 Å². The van der Waals surface area contributed by atoms with Crippen LogP contribution in [0.3, 0.4) is 0 Å². The van der Waals surface area contributed by atoms with Crippen LogP contribution in [-0.2, 0) is 6.42 Å². The van der Waals surface area contributed by atoms with E-state index in [1.54, 1.807) is 0 Å². The van der Waals surface area contributed by atoms with E-state index in [-0.39, 0.29) is 0 Å². The Balaban J connectivity index is 1.64. The number of H-pyrrole nitrogens is 1. The molecule has 1 aromatic heterocycles. The van der Waals surface area contributed by atoms with Gasteiger partial charge in [-0.1, -0.05) is 22.0 Å². The lowest BCUT2D eigenvalue weighted by Gasteiger charge is -2.15. The molecule has 2 aromatic carbocycles. The van der Waals surface area contributed by atoms with Crippen molar-refractivity contribution in [2.24, 2.45) is 0 Å². The largest absolute Gasteiger partial charge is 0.378 e. The summed E-state index contributed by atoms with van der Waals surface area (Å²) in [5.41, 5.74) is 5.07. The molecule has 0 radical (unpaired) electrons. The Morgan fingerprint density at radius 3 is 3.10 bits per heavy atom. The van der Waals surface area contributed by atoms with Gasteiger partial charge in [-0.2, -0.15) is 5.10 Å². The number of nitrogens with one attached hydrogen (secondary N) is 2. The highest BCUT2D eigenvalue weighted by Crippen LogP contribution is 2.35. The highest BCUT2D eigenvalue weighted by molar-refractivity contribution is 9.10. The third kappa shape index (κ3) is 2.00. The maximum absolute atomic E-state index is 4.06. The van der Waals surface area contributed by atoms with Crippen LogP contribution in [0.2, 0.25) is 0 Å². The summed E-state index contributed by atoms with van der Waals surface area (Å²) in [5.74, 6) is 0. The first kappa shape index (κ1) is 12.0. The summed E-state index contributed by atoms with van der Waals surface area (Å²) in [6, 6.07) is 13.3. The minimum Gasteiger partial charge on any atom is -0.378 e. The Morgan fingerprint density at radius 1 is 1.20 bits per heavy atom. The number of aromatic amines is 1. The van der Waals surface area contributed by atoms with Crippen molar-refractivity contribution in [1.82, 2.24) is 10.2 Å². The molecule has 4 heteroatoms. The van der Waals surface area contributed by atoms with Crippen LogP contribution in [0.4, 0.5) is 5.69 Å². The van der Waals surface area contributed by atoms with Crippen LogP contribution in [0.1, 0.15) is 23.6 Å². The van der Waals surface area contributed by atoms with Gasteiger partial charge in [0.15, 0.2) is 0 Å². The molecule has 2 N–H and O–H groups in total. The molecule has 3 aromatic rings. The van der Waals surface area contributed by atoms with Crippen LogP contribution in [-0.4, -0.2) is 10.2 Å². The summed E-state index contributed by atoms with van der Waals surface area (Å²) >= 11 is 3.54. The Kier molecular flexibility index (Phi) is 2.77. The zero-order valence-corrected chi connectivity index (χ0v) is 12.4. The van der Waals surface area contributed by atoms with Crippen LogP contribution in [0.25, 0.3) is 10.9 Å². The molecule has 1 atom stereocenters. The Morgan fingerprint density at radius 2 is 2.15 bits per heavy atom. The first-order valence-corrected chi connectivity index (χ1v) is 7.57. The highest BCUT2D eigenvalue weighted by Gasteiger charge is 2.22. The van der Waals surface area contributed by atoms with E-state index in [0.29, 0.717) is 6.04 Å². The molecule has 0 aliphatic heterocycles. The second kappa shape index (κ2) is 4.63. The van der Waals surface area contributed by atoms with Gasteiger partial charge in [-0.05, 0) is 54.3 Å². The molecule has 0 fully saturated rings. The smallest absolute Gasteiger partial charge is 0.0670 e. The van der Waals surface area contributed by atoms with E-state index in [2.05, 4.69) is 67.8 Å². The molecule has 0 bridgehead atoms. The molecule has 1 aliphatic rings. The molecule has 1 aliphatic carbocycles. The SMILES string of the molecule is Brc1ccc2c(c1)CCC2Nc1ccc2cn[nH]c2c1. The predicted octanol–water partition coefficient (Wildman–Crippen LogP) is 4.42. The summed E-state index contributed by atoms with van der Waals surface area (Å²) in [6.45, 7) is 0. The maximum atomic E-state index is 4.06. The summed E-state index contributed by atoms with van der Waals surface area (Å²) < 4.78 is 1.16. The molecular formula is C16H14BrN3. The Hall–Kier alpha value is -1.81. The van der Waals surface area contributed by atoms with E-state index in [9.17, 15) is 0 Å². The van der Waals surface area contributed by atoms with E-state index in [1.165, 1.54) is 11.1 Å². The van der Waals surface area contributed by atoms with E-state index >= 15 is 0 Å². The third-order valence-electron chi connectivity index (χ3n) is 3.97. The van der Waals surface area contributed by atoms with Gasteiger partial charge in [0.1, 0.15) is 0 Å². The van der Waals surface area contributed by atoms with E-state index in [0.717, 1.165) is 33.9 Å². The van der Waals surface area contributed by atoms with Gasteiger partial charge < -0.3 is 5.32 Å². The van der Waals surface area contributed by atoms with Gasteiger partial charge in [-0.15, -0.1) is 0 Å². The molecule has 100 valence electrons. The van der Waals surface area contributed by atoms with Crippen molar-refractivity contribution in [2.45, 2.75) is 18.9 Å². The van der Waals surface area contributed by atoms with E-state index in [1.807, 2.05) is 6.20 Å². The van der Waals surface area contributed by atoms with Crippen molar-refractivity contribution >= 4 is 32.5 Å². The van der Waals surface area contributed by atoms with Gasteiger partial charge >= 0.3 is 0 Å². The number of anilines is 1. The summed E-state index contributed by atoms with van der Waals surface area (Å²) in [6.07, 6.45) is 4.13. The molecular weight excluding hydrogens is 314 g/mol. The number of fused-ring (bicyclic) bond motifs is 2. The molecule has 20 heavy (non-hydrogen) atoms. The normalized spacial score (nSPS) is 17.4. The Bertz CT molecular complexity index is 778. The third-order valence-corrected chi connectivity index (χ3v) is 4.46. The number of hydrogen-bond donors (Lipinski definition) is 2. The number of rotatable bonds is 2. The molecule has 0 amide bonds. The van der Waals surface area contributed by atoms with Crippen LogP contribution in [0, 0.1) is 0 Å². The fourth-order valence-electron chi connectivity index (χ4n) is 2.96. The van der Waals surface area contributed by atoms with Gasteiger partial charge in [0.25, 0.3) is 0 Å². The number of benzene rings is 2. The van der Waals surface area contributed by atoms with Crippen LogP contribution < -0.4 is 5.32 Å². The Labute approximate surface area is 125 Å². The molecule has 0 saturated carbocycles. The quantitative estimate of drug-likeness (QED) is 0.731. The standard InChI is InChI=1S/C16H14BrN3/c17-12-3-5-14-10(7-12)2-6-15(14)19-13-4-1-11-9-18-20-16(11)8-13/h1,3-5,7-9,15,19H,2,6H2,(H,18,20). The fraction of sp³-hybridized carbons (Fsp3) is 0.188. The molecule has 0 spiro atoms. The number of aryl methyl sites for hydroxylation is 1. The number of hydrogen-bond acceptors (Lipinski definition) is 2. The fourth-order valence-corrected chi connectivity index (χ4v) is 3.37. The predicted molar refractivity (Wildman–Crippen MR) is 84.9 cm³/mol. The lowest BCUT2D eigenvalue weighted by atomic mass is 10.1. The number of nitrogens with zero attached hydrogens (tertiary/aromatic N) is 1. The zero-order valence-electron chi connectivity index (χ0n) is 10.9. The number of halogens is 1. The van der Waals surface area contributed by atoms with E-state index in [4.69, 9.17) is 0 Å². The summed E-state index contributed by atoms with van der Waals surface area (Å²) in [4.78, 5) is 0. The highest BCUT2D eigenvalue weighted by atomic mass is 79.9. The van der Waals surface area contributed by atoms with Crippen molar-refractivity contribution in [3.05, 3.63) is 58.2 Å². The van der Waals surface area contributed by atoms with Gasteiger partial charge in [0, 0.05) is 15.5 Å². The first-order valence-electron chi connectivity index (χ1n) is 6.77. The average Bonchev–Trinajstić information content (AvgIpc) is 3.05. The van der Waals surface area contributed by atoms with E-state index < -0.39 is 0 Å². The molecule has 1 heterocycles. The van der Waals surface area contributed by atoms with Crippen molar-refractivity contribution in [3.63, 3.8) is 0 Å². The molecule has 1 unspecified atom stereocenters. The second-order valence-electron chi connectivity index (χ2n) is 5.25. The average molecular weight is 328 g/mol. The molecule has 0 saturated heterocycles. The summed E-state index contributed by atoms with van der Waals surface area (Å²) in [7, 11) is 0. The van der Waals surface area contributed by atoms with Gasteiger partial charge in [-0.3, -0.25) is 5.10 Å². The first-order chi connectivity index (χ1) is 9.79. The topological polar surface area (TPSA) is 40.7 Å². The van der Waals surface area contributed by atoms with Gasteiger partial charge in [0.05, 0.1) is 17.8 Å².